The molecule has 4 heteroatoms. The zero-order chi connectivity index (χ0) is 8.39. The smallest absolute Gasteiger partial charge is 0.0794 e. The van der Waals surface area contributed by atoms with Gasteiger partial charge in [0.05, 0.1) is 11.6 Å². The Hall–Kier alpha value is -0.450. The maximum absolute atomic E-state index is 9.51. The van der Waals surface area contributed by atoms with Crippen LogP contribution in [0.1, 0.15) is 4.88 Å². The molecule has 2 N–H and O–H groups in total. The van der Waals surface area contributed by atoms with Gasteiger partial charge in [-0.2, -0.15) is 0 Å². The summed E-state index contributed by atoms with van der Waals surface area (Å²) in [4.78, 5) is 5.27. The molecule has 1 aliphatic heterocycles. The van der Waals surface area contributed by atoms with E-state index in [4.69, 9.17) is 0 Å². The van der Waals surface area contributed by atoms with Gasteiger partial charge in [-0.3, -0.25) is 4.98 Å². The molecule has 1 fully saturated rings. The Morgan fingerprint density at radius 1 is 1.67 bits per heavy atom. The van der Waals surface area contributed by atoms with E-state index in [0.29, 0.717) is 5.92 Å². The number of rotatable bonds is 2. The Morgan fingerprint density at radius 3 is 3.17 bits per heavy atom. The fourth-order valence-electron chi connectivity index (χ4n) is 1.53. The van der Waals surface area contributed by atoms with Crippen LogP contribution in [-0.4, -0.2) is 29.3 Å². The molecule has 2 heterocycles. The Balaban J connectivity index is 1.95. The van der Waals surface area contributed by atoms with E-state index in [1.54, 1.807) is 11.3 Å². The number of nitrogens with one attached hydrogen (secondary N) is 1. The topological polar surface area (TPSA) is 45.1 Å². The molecule has 0 aromatic carbocycles. The number of thiazole rings is 1. The number of β-amino-alcohol motifs (C(OH)–C–C–N with tert-alkyl or cyclic N) is 1. The van der Waals surface area contributed by atoms with Crippen molar-refractivity contribution in [3.8, 4) is 0 Å². The summed E-state index contributed by atoms with van der Waals surface area (Å²) in [5.41, 5.74) is 1.84. The molecule has 0 unspecified atom stereocenters. The first-order valence-corrected chi connectivity index (χ1v) is 5.00. The van der Waals surface area contributed by atoms with Gasteiger partial charge in [0.25, 0.3) is 0 Å². The number of hydrogen-bond donors (Lipinski definition) is 2. The highest BCUT2D eigenvalue weighted by molar-refractivity contribution is 7.09. The first-order chi connectivity index (χ1) is 5.86. The monoisotopic (exact) mass is 184 g/mol. The molecule has 1 aromatic heterocycles. The minimum atomic E-state index is -0.174. The van der Waals surface area contributed by atoms with Gasteiger partial charge < -0.3 is 10.4 Å². The molecule has 66 valence electrons. The number of aliphatic hydroxyl groups excluding tert-OH is 1. The molecule has 0 bridgehead atoms. The van der Waals surface area contributed by atoms with E-state index in [1.165, 1.54) is 4.88 Å². The van der Waals surface area contributed by atoms with Crippen LogP contribution < -0.4 is 5.32 Å². The van der Waals surface area contributed by atoms with E-state index in [0.717, 1.165) is 19.5 Å². The van der Waals surface area contributed by atoms with Gasteiger partial charge in [0.15, 0.2) is 0 Å². The van der Waals surface area contributed by atoms with Gasteiger partial charge >= 0.3 is 0 Å². The summed E-state index contributed by atoms with van der Waals surface area (Å²) in [6, 6.07) is 0. The number of aliphatic hydroxyl groups is 1. The zero-order valence-electron chi connectivity index (χ0n) is 6.73. The molecular weight excluding hydrogens is 172 g/mol. The lowest BCUT2D eigenvalue weighted by atomic mass is 10.0. The summed E-state index contributed by atoms with van der Waals surface area (Å²) in [5, 5.41) is 12.7. The molecule has 3 nitrogen and oxygen atoms in total. The van der Waals surface area contributed by atoms with Gasteiger partial charge in [0.1, 0.15) is 0 Å². The maximum Gasteiger partial charge on any atom is 0.0794 e. The summed E-state index contributed by atoms with van der Waals surface area (Å²) in [6.45, 7) is 1.67. The van der Waals surface area contributed by atoms with Crippen LogP contribution in [-0.2, 0) is 6.42 Å². The molecule has 0 saturated carbocycles. The van der Waals surface area contributed by atoms with E-state index in [-0.39, 0.29) is 6.10 Å². The van der Waals surface area contributed by atoms with Gasteiger partial charge in [-0.25, -0.2) is 0 Å². The molecule has 2 atom stereocenters. The van der Waals surface area contributed by atoms with Crippen LogP contribution in [0, 0.1) is 5.92 Å². The van der Waals surface area contributed by atoms with Gasteiger partial charge in [-0.15, -0.1) is 11.3 Å². The van der Waals surface area contributed by atoms with Crippen molar-refractivity contribution in [2.75, 3.05) is 13.1 Å². The second-order valence-corrected chi connectivity index (χ2v) is 4.13. The Kier molecular flexibility index (Phi) is 2.39. The Morgan fingerprint density at radius 2 is 2.58 bits per heavy atom. The number of nitrogens with zero attached hydrogens (tertiary/aromatic N) is 1. The zero-order valence-corrected chi connectivity index (χ0v) is 7.55. The third-order valence-corrected chi connectivity index (χ3v) is 3.05. The fourth-order valence-corrected chi connectivity index (χ4v) is 2.22. The van der Waals surface area contributed by atoms with Crippen LogP contribution in [0.2, 0.25) is 0 Å². The quantitative estimate of drug-likeness (QED) is 0.693. The average Bonchev–Trinajstić information content (AvgIpc) is 2.65. The predicted octanol–water partition coefficient (Wildman–Crippen LogP) is 0.266. The first-order valence-electron chi connectivity index (χ1n) is 4.12. The molecule has 1 aromatic rings. The lowest BCUT2D eigenvalue weighted by Crippen LogP contribution is -2.19. The van der Waals surface area contributed by atoms with Crippen molar-refractivity contribution >= 4 is 11.3 Å². The van der Waals surface area contributed by atoms with Crippen LogP contribution in [0.15, 0.2) is 11.7 Å². The van der Waals surface area contributed by atoms with Crippen LogP contribution in [0.5, 0.6) is 0 Å². The molecule has 0 aliphatic carbocycles. The first kappa shape index (κ1) is 8.16. The molecular formula is C8H12N2OS. The minimum Gasteiger partial charge on any atom is -0.391 e. The number of aromatic nitrogens is 1. The summed E-state index contributed by atoms with van der Waals surface area (Å²) < 4.78 is 0. The van der Waals surface area contributed by atoms with E-state index in [9.17, 15) is 5.11 Å². The lowest BCUT2D eigenvalue weighted by Gasteiger charge is -2.10. The average molecular weight is 184 g/mol. The lowest BCUT2D eigenvalue weighted by molar-refractivity contribution is 0.148. The van der Waals surface area contributed by atoms with Crippen molar-refractivity contribution < 1.29 is 5.11 Å². The standard InChI is InChI=1S/C8H12N2OS/c11-8-4-9-2-6(8)1-7-3-10-5-12-7/h3,5-6,8-9,11H,1-2,4H2/t6-,8-/m1/s1. The van der Waals surface area contributed by atoms with Crippen molar-refractivity contribution in [1.29, 1.82) is 0 Å². The van der Waals surface area contributed by atoms with Crippen LogP contribution >= 0.6 is 11.3 Å². The van der Waals surface area contributed by atoms with Crippen molar-refractivity contribution in [3.63, 3.8) is 0 Å². The second kappa shape index (κ2) is 3.51. The fraction of sp³-hybridized carbons (Fsp3) is 0.625. The number of hydrogen-bond acceptors (Lipinski definition) is 4. The highest BCUT2D eigenvalue weighted by Crippen LogP contribution is 2.17. The third kappa shape index (κ3) is 1.65. The molecule has 0 spiro atoms. The molecule has 0 amide bonds. The van der Waals surface area contributed by atoms with Crippen LogP contribution in [0.25, 0.3) is 0 Å². The predicted molar refractivity (Wildman–Crippen MR) is 48.2 cm³/mol. The van der Waals surface area contributed by atoms with Crippen LogP contribution in [0.4, 0.5) is 0 Å². The SMILES string of the molecule is O[C@@H]1CNC[C@H]1Cc1cncs1. The van der Waals surface area contributed by atoms with Crippen molar-refractivity contribution in [3.05, 3.63) is 16.6 Å². The Labute approximate surface area is 75.5 Å². The maximum atomic E-state index is 9.51. The summed E-state index contributed by atoms with van der Waals surface area (Å²) in [6.07, 6.45) is 2.67. The van der Waals surface area contributed by atoms with Gasteiger partial charge in [-0.05, 0) is 6.42 Å². The van der Waals surface area contributed by atoms with E-state index in [2.05, 4.69) is 10.3 Å². The van der Waals surface area contributed by atoms with E-state index < -0.39 is 0 Å². The molecule has 2 rings (SSSR count). The summed E-state index contributed by atoms with van der Waals surface area (Å²) in [5.74, 6) is 0.380. The van der Waals surface area contributed by atoms with Gasteiger partial charge in [-0.1, -0.05) is 0 Å². The van der Waals surface area contributed by atoms with Crippen LogP contribution in [0.3, 0.4) is 0 Å². The summed E-state index contributed by atoms with van der Waals surface area (Å²) in [7, 11) is 0. The second-order valence-electron chi connectivity index (χ2n) is 3.16. The highest BCUT2D eigenvalue weighted by Gasteiger charge is 2.25. The van der Waals surface area contributed by atoms with Crippen molar-refractivity contribution in [2.24, 2.45) is 5.92 Å². The highest BCUT2D eigenvalue weighted by atomic mass is 32.1. The van der Waals surface area contributed by atoms with E-state index in [1.807, 2.05) is 11.7 Å². The molecule has 1 aliphatic rings. The van der Waals surface area contributed by atoms with Gasteiger partial charge in [0, 0.05) is 30.1 Å². The molecule has 0 radical (unpaired) electrons. The minimum absolute atomic E-state index is 0.174. The molecule has 12 heavy (non-hydrogen) atoms. The van der Waals surface area contributed by atoms with Crippen molar-refractivity contribution in [1.82, 2.24) is 10.3 Å². The van der Waals surface area contributed by atoms with Gasteiger partial charge in [0.2, 0.25) is 0 Å². The Bertz CT molecular complexity index is 237. The largest absolute Gasteiger partial charge is 0.391 e. The normalized spacial score (nSPS) is 29.4. The third-order valence-electron chi connectivity index (χ3n) is 2.25. The summed E-state index contributed by atoms with van der Waals surface area (Å²) >= 11 is 1.66. The van der Waals surface area contributed by atoms with E-state index >= 15 is 0 Å². The van der Waals surface area contributed by atoms with Crippen molar-refractivity contribution in [2.45, 2.75) is 12.5 Å². The molecule has 1 saturated heterocycles.